The Morgan fingerprint density at radius 1 is 1.45 bits per heavy atom. The number of nitrogens with one attached hydrogen (secondary N) is 1. The van der Waals surface area contributed by atoms with E-state index in [4.69, 9.17) is 22.1 Å². The molecule has 3 N–H and O–H groups in total. The number of ether oxygens (including phenoxy) is 1. The maximum absolute atomic E-state index is 11.9. The zero-order chi connectivity index (χ0) is 14.4. The number of amides is 1. The third-order valence-corrected chi connectivity index (χ3v) is 3.73. The van der Waals surface area contributed by atoms with Gasteiger partial charge in [0, 0.05) is 12.7 Å². The van der Waals surface area contributed by atoms with Crippen molar-refractivity contribution in [2.24, 2.45) is 0 Å². The lowest BCUT2D eigenvalue weighted by Gasteiger charge is -2.21. The molecule has 6 heteroatoms. The van der Waals surface area contributed by atoms with Crippen molar-refractivity contribution in [3.8, 4) is 0 Å². The molecule has 1 heterocycles. The van der Waals surface area contributed by atoms with Crippen LogP contribution in [0.1, 0.15) is 42.5 Å². The number of rotatable bonds is 5. The second-order valence-corrected chi connectivity index (χ2v) is 5.38. The Morgan fingerprint density at radius 2 is 2.20 bits per heavy atom. The van der Waals surface area contributed by atoms with Crippen LogP contribution in [0.4, 0.5) is 5.82 Å². The van der Waals surface area contributed by atoms with Crippen LogP contribution < -0.4 is 11.1 Å². The molecule has 110 valence electrons. The summed E-state index contributed by atoms with van der Waals surface area (Å²) in [6.07, 6.45) is 7.82. The molecule has 0 aromatic carbocycles. The van der Waals surface area contributed by atoms with Crippen molar-refractivity contribution in [1.29, 1.82) is 0 Å². The summed E-state index contributed by atoms with van der Waals surface area (Å²) in [7, 11) is 0. The molecule has 2 rings (SSSR count). The summed E-state index contributed by atoms with van der Waals surface area (Å²) in [5, 5.41) is 3.07. The van der Waals surface area contributed by atoms with E-state index >= 15 is 0 Å². The third-order valence-electron chi connectivity index (χ3n) is 3.43. The summed E-state index contributed by atoms with van der Waals surface area (Å²) in [4.78, 5) is 15.7. The molecule has 20 heavy (non-hydrogen) atoms. The highest BCUT2D eigenvalue weighted by atomic mass is 35.5. The SMILES string of the molecule is Nc1ncc(C(=O)NCCOC2CCCCC2)cc1Cl. The van der Waals surface area contributed by atoms with E-state index in [9.17, 15) is 4.79 Å². The number of nitrogens with two attached hydrogens (primary N) is 1. The second kappa shape index (κ2) is 7.45. The van der Waals surface area contributed by atoms with Gasteiger partial charge in [-0.25, -0.2) is 4.98 Å². The summed E-state index contributed by atoms with van der Waals surface area (Å²) in [6.45, 7) is 1.02. The van der Waals surface area contributed by atoms with E-state index in [-0.39, 0.29) is 16.7 Å². The van der Waals surface area contributed by atoms with Crippen LogP contribution >= 0.6 is 11.6 Å². The molecule has 0 saturated heterocycles. The maximum Gasteiger partial charge on any atom is 0.252 e. The van der Waals surface area contributed by atoms with E-state index in [1.807, 2.05) is 0 Å². The number of aromatic nitrogens is 1. The smallest absolute Gasteiger partial charge is 0.252 e. The number of halogens is 1. The van der Waals surface area contributed by atoms with Gasteiger partial charge in [0.05, 0.1) is 23.3 Å². The Labute approximate surface area is 123 Å². The fraction of sp³-hybridized carbons (Fsp3) is 0.571. The Bertz CT molecular complexity index is 462. The minimum absolute atomic E-state index is 0.216. The molecule has 1 amide bonds. The first-order valence-corrected chi connectivity index (χ1v) is 7.35. The fourth-order valence-corrected chi connectivity index (χ4v) is 2.46. The number of carbonyl (C=O) groups excluding carboxylic acids is 1. The highest BCUT2D eigenvalue weighted by Gasteiger charge is 2.13. The van der Waals surface area contributed by atoms with Crippen molar-refractivity contribution >= 4 is 23.3 Å². The topological polar surface area (TPSA) is 77.2 Å². The monoisotopic (exact) mass is 297 g/mol. The Morgan fingerprint density at radius 3 is 2.90 bits per heavy atom. The van der Waals surface area contributed by atoms with Gasteiger partial charge < -0.3 is 15.8 Å². The number of hydrogen-bond acceptors (Lipinski definition) is 4. The van der Waals surface area contributed by atoms with Gasteiger partial charge in [-0.1, -0.05) is 30.9 Å². The number of pyridine rings is 1. The summed E-state index contributed by atoms with van der Waals surface area (Å²) >= 11 is 5.83. The molecule has 0 bridgehead atoms. The lowest BCUT2D eigenvalue weighted by Crippen LogP contribution is -2.29. The van der Waals surface area contributed by atoms with E-state index < -0.39 is 0 Å². The molecule has 1 aromatic heterocycles. The van der Waals surface area contributed by atoms with Crippen molar-refractivity contribution < 1.29 is 9.53 Å². The van der Waals surface area contributed by atoms with Crippen LogP contribution in [0.5, 0.6) is 0 Å². The largest absolute Gasteiger partial charge is 0.382 e. The van der Waals surface area contributed by atoms with Gasteiger partial charge >= 0.3 is 0 Å². The number of carbonyl (C=O) groups is 1. The van der Waals surface area contributed by atoms with Crippen LogP contribution in [0.3, 0.4) is 0 Å². The average Bonchev–Trinajstić information content (AvgIpc) is 2.47. The average molecular weight is 298 g/mol. The Balaban J connectivity index is 1.70. The predicted octanol–water partition coefficient (Wildman–Crippen LogP) is 2.40. The maximum atomic E-state index is 11.9. The van der Waals surface area contributed by atoms with Gasteiger partial charge in [0.2, 0.25) is 0 Å². The lowest BCUT2D eigenvalue weighted by molar-refractivity contribution is 0.0299. The minimum Gasteiger partial charge on any atom is -0.382 e. The zero-order valence-corrected chi connectivity index (χ0v) is 12.2. The van der Waals surface area contributed by atoms with Gasteiger partial charge in [-0.2, -0.15) is 0 Å². The van der Waals surface area contributed by atoms with Gasteiger partial charge in [-0.05, 0) is 18.9 Å². The molecule has 1 saturated carbocycles. The number of nitrogens with zero attached hydrogens (tertiary/aromatic N) is 1. The van der Waals surface area contributed by atoms with Gasteiger partial charge in [0.25, 0.3) is 5.91 Å². The molecule has 1 aromatic rings. The second-order valence-electron chi connectivity index (χ2n) is 4.98. The highest BCUT2D eigenvalue weighted by Crippen LogP contribution is 2.20. The number of hydrogen-bond donors (Lipinski definition) is 2. The van der Waals surface area contributed by atoms with Crippen LogP contribution in [-0.2, 0) is 4.74 Å². The minimum atomic E-state index is -0.216. The first kappa shape index (κ1) is 15.1. The molecular weight excluding hydrogens is 278 g/mol. The molecule has 5 nitrogen and oxygen atoms in total. The van der Waals surface area contributed by atoms with Crippen molar-refractivity contribution in [3.05, 3.63) is 22.8 Å². The van der Waals surface area contributed by atoms with Crippen LogP contribution in [0.2, 0.25) is 5.02 Å². The fourth-order valence-electron chi connectivity index (χ4n) is 2.30. The standard InChI is InChI=1S/C14H20ClN3O2/c15-12-8-10(9-18-13(12)16)14(19)17-6-7-20-11-4-2-1-3-5-11/h8-9,11H,1-7H2,(H2,16,18)(H,17,19). The van der Waals surface area contributed by atoms with E-state index in [2.05, 4.69) is 10.3 Å². The van der Waals surface area contributed by atoms with E-state index in [1.54, 1.807) is 0 Å². The van der Waals surface area contributed by atoms with Crippen molar-refractivity contribution in [2.45, 2.75) is 38.2 Å². The Kier molecular flexibility index (Phi) is 5.61. The quantitative estimate of drug-likeness (QED) is 0.818. The molecule has 1 aliphatic rings. The summed E-state index contributed by atoms with van der Waals surface area (Å²) in [6, 6.07) is 1.52. The molecule has 0 unspecified atom stereocenters. The van der Waals surface area contributed by atoms with Gasteiger partial charge in [-0.15, -0.1) is 0 Å². The van der Waals surface area contributed by atoms with Crippen molar-refractivity contribution in [2.75, 3.05) is 18.9 Å². The molecular formula is C14H20ClN3O2. The predicted molar refractivity (Wildman–Crippen MR) is 78.8 cm³/mol. The molecule has 0 radical (unpaired) electrons. The van der Waals surface area contributed by atoms with Crippen LogP contribution in [-0.4, -0.2) is 30.1 Å². The molecule has 0 aliphatic heterocycles. The van der Waals surface area contributed by atoms with E-state index in [0.717, 1.165) is 12.8 Å². The van der Waals surface area contributed by atoms with Gasteiger partial charge in [0.15, 0.2) is 0 Å². The highest BCUT2D eigenvalue weighted by molar-refractivity contribution is 6.33. The number of nitrogen functional groups attached to an aromatic ring is 1. The summed E-state index contributed by atoms with van der Waals surface area (Å²) in [5.41, 5.74) is 5.90. The molecule has 1 fully saturated rings. The first-order valence-electron chi connectivity index (χ1n) is 6.97. The zero-order valence-electron chi connectivity index (χ0n) is 11.4. The van der Waals surface area contributed by atoms with Crippen LogP contribution in [0.15, 0.2) is 12.3 Å². The lowest BCUT2D eigenvalue weighted by atomic mass is 9.98. The summed E-state index contributed by atoms with van der Waals surface area (Å²) < 4.78 is 5.74. The van der Waals surface area contributed by atoms with E-state index in [1.165, 1.54) is 31.5 Å². The number of anilines is 1. The van der Waals surface area contributed by atoms with Crippen LogP contribution in [0.25, 0.3) is 0 Å². The summed E-state index contributed by atoms with van der Waals surface area (Å²) in [5.74, 6) is 0.00972. The molecule has 1 aliphatic carbocycles. The third kappa shape index (κ3) is 4.35. The first-order chi connectivity index (χ1) is 9.66. The van der Waals surface area contributed by atoms with E-state index in [0.29, 0.717) is 24.8 Å². The normalized spacial score (nSPS) is 16.1. The Hall–Kier alpha value is -1.33. The van der Waals surface area contributed by atoms with Crippen molar-refractivity contribution in [1.82, 2.24) is 10.3 Å². The van der Waals surface area contributed by atoms with Crippen molar-refractivity contribution in [3.63, 3.8) is 0 Å². The van der Waals surface area contributed by atoms with Gasteiger partial charge in [-0.3, -0.25) is 4.79 Å². The van der Waals surface area contributed by atoms with Crippen LogP contribution in [0, 0.1) is 0 Å². The molecule has 0 spiro atoms. The molecule has 0 atom stereocenters. The van der Waals surface area contributed by atoms with Gasteiger partial charge in [0.1, 0.15) is 5.82 Å².